The Morgan fingerprint density at radius 1 is 1.29 bits per heavy atom. The highest BCUT2D eigenvalue weighted by molar-refractivity contribution is 9.10. The van der Waals surface area contributed by atoms with Gasteiger partial charge in [0.15, 0.2) is 12.4 Å². The number of nitro benzene ring substituents is 1. The third kappa shape index (κ3) is 4.68. The molecule has 0 aliphatic carbocycles. The third-order valence-corrected chi connectivity index (χ3v) is 4.01. The molecule has 0 unspecified atom stereocenters. The summed E-state index contributed by atoms with van der Waals surface area (Å²) in [6, 6.07) is 5.40. The summed E-state index contributed by atoms with van der Waals surface area (Å²) in [6.45, 7) is 5.27. The number of benzene rings is 1. The summed E-state index contributed by atoms with van der Waals surface area (Å²) in [5, 5.41) is 11.2. The number of hydrogen-bond acceptors (Lipinski definition) is 3. The molecule has 8 heteroatoms. The molecule has 2 aromatic rings. The lowest BCUT2D eigenvalue weighted by molar-refractivity contribution is -0.683. The summed E-state index contributed by atoms with van der Waals surface area (Å²) in [7, 11) is 0. The molecule has 24 heavy (non-hydrogen) atoms. The Labute approximate surface area is 158 Å². The second-order valence-corrected chi connectivity index (χ2v) is 6.15. The van der Waals surface area contributed by atoms with Gasteiger partial charge in [0.1, 0.15) is 0 Å². The lowest BCUT2D eigenvalue weighted by Gasteiger charge is -2.10. The van der Waals surface area contributed by atoms with Crippen LogP contribution in [0.15, 0.2) is 35.1 Å². The van der Waals surface area contributed by atoms with Crippen molar-refractivity contribution in [3.8, 4) is 0 Å². The zero-order valence-corrected chi connectivity index (χ0v) is 16.6. The molecule has 1 heterocycles. The number of nitrogens with zero attached hydrogens (tertiary/aromatic N) is 2. The Morgan fingerprint density at radius 2 is 1.92 bits per heavy atom. The summed E-state index contributed by atoms with van der Waals surface area (Å²) in [6.07, 6.45) is 3.58. The molecule has 6 nitrogen and oxygen atoms in total. The Hall–Kier alpha value is -1.64. The fourth-order valence-corrected chi connectivity index (χ4v) is 3.13. The minimum atomic E-state index is -0.423. The van der Waals surface area contributed by atoms with E-state index in [4.69, 9.17) is 0 Å². The van der Waals surface area contributed by atoms with Gasteiger partial charge in [0.2, 0.25) is 12.3 Å². The first-order valence-electron chi connectivity index (χ1n) is 6.74. The van der Waals surface area contributed by atoms with Gasteiger partial charge in [0.05, 0.1) is 9.40 Å². The number of ketones is 1. The maximum atomic E-state index is 12.6. The predicted octanol–water partition coefficient (Wildman–Crippen LogP) is -0.368. The van der Waals surface area contributed by atoms with Crippen molar-refractivity contribution in [2.24, 2.45) is 0 Å². The Kier molecular flexibility index (Phi) is 8.39. The third-order valence-electron chi connectivity index (χ3n) is 3.54. The molecule has 0 saturated carbocycles. The molecule has 0 radical (unpaired) electrons. The Balaban J connectivity index is 0.00000264. The van der Waals surface area contributed by atoms with Crippen molar-refractivity contribution in [3.63, 3.8) is 0 Å². The highest BCUT2D eigenvalue weighted by Crippen LogP contribution is 2.29. The molecule has 0 fully saturated rings. The van der Waals surface area contributed by atoms with Gasteiger partial charge >= 0.3 is 0 Å². The average Bonchev–Trinajstić information content (AvgIpc) is 2.37. The van der Waals surface area contributed by atoms with Gasteiger partial charge in [-0.3, -0.25) is 14.9 Å². The zero-order valence-electron chi connectivity index (χ0n) is 13.5. The molecule has 0 aliphatic rings. The molecule has 130 valence electrons. The molecule has 1 aromatic carbocycles. The predicted molar refractivity (Wildman–Crippen MR) is 89.6 cm³/mol. The molecule has 2 N–H and O–H groups in total. The highest BCUT2D eigenvalue weighted by Gasteiger charge is 2.25. The van der Waals surface area contributed by atoms with Gasteiger partial charge in [-0.05, 0) is 54.4 Å². The number of carbonyl (C=O) groups is 1. The first-order valence-corrected chi connectivity index (χ1v) is 7.53. The molecular formula is C16H18Br2N2O4. The van der Waals surface area contributed by atoms with E-state index in [0.717, 1.165) is 10.0 Å². The van der Waals surface area contributed by atoms with Gasteiger partial charge in [-0.1, -0.05) is 0 Å². The maximum absolute atomic E-state index is 12.6. The van der Waals surface area contributed by atoms with E-state index in [9.17, 15) is 14.9 Å². The minimum Gasteiger partial charge on any atom is -1.00 e. The SMILES string of the molecule is Cc1cc(C)c([N+](=O)[O-])c(C)c1C(=O)C[n+]1cccc(Br)c1.O.[Br-]. The van der Waals surface area contributed by atoms with Crippen LogP contribution < -0.4 is 21.5 Å². The molecule has 0 atom stereocenters. The number of pyridine rings is 1. The summed E-state index contributed by atoms with van der Waals surface area (Å²) in [5.74, 6) is -0.138. The van der Waals surface area contributed by atoms with Crippen molar-refractivity contribution < 1.29 is 36.7 Å². The van der Waals surface area contributed by atoms with Gasteiger partial charge in [-0.2, -0.15) is 4.57 Å². The molecule has 0 aliphatic heterocycles. The van der Waals surface area contributed by atoms with E-state index < -0.39 is 4.92 Å². The molecule has 2 rings (SSSR count). The van der Waals surface area contributed by atoms with E-state index in [1.54, 1.807) is 36.9 Å². The minimum absolute atomic E-state index is 0. The first-order chi connectivity index (χ1) is 10.3. The highest BCUT2D eigenvalue weighted by atomic mass is 79.9. The van der Waals surface area contributed by atoms with Gasteiger partial charge < -0.3 is 22.5 Å². The van der Waals surface area contributed by atoms with E-state index in [1.807, 2.05) is 19.1 Å². The number of aromatic nitrogens is 1. The smallest absolute Gasteiger partial charge is 0.275 e. The Bertz CT molecular complexity index is 779. The van der Waals surface area contributed by atoms with Crippen molar-refractivity contribution in [2.75, 3.05) is 0 Å². The van der Waals surface area contributed by atoms with Crippen molar-refractivity contribution in [2.45, 2.75) is 27.3 Å². The van der Waals surface area contributed by atoms with E-state index in [0.29, 0.717) is 16.7 Å². The van der Waals surface area contributed by atoms with Crippen LogP contribution in [0, 0.1) is 30.9 Å². The lowest BCUT2D eigenvalue weighted by atomic mass is 9.94. The number of rotatable bonds is 4. The molecule has 1 aromatic heterocycles. The number of Topliss-reactive ketones (excluding diaryl/α,β-unsaturated/α-hetero) is 1. The Morgan fingerprint density at radius 3 is 2.46 bits per heavy atom. The number of halogens is 2. The van der Waals surface area contributed by atoms with Crippen molar-refractivity contribution in [1.82, 2.24) is 0 Å². The number of nitro groups is 1. The van der Waals surface area contributed by atoms with Crippen molar-refractivity contribution in [3.05, 3.63) is 67.4 Å². The van der Waals surface area contributed by atoms with E-state index >= 15 is 0 Å². The largest absolute Gasteiger partial charge is 1.00 e. The monoisotopic (exact) mass is 460 g/mol. The molecule has 0 spiro atoms. The summed E-state index contributed by atoms with van der Waals surface area (Å²) < 4.78 is 2.61. The van der Waals surface area contributed by atoms with Gasteiger partial charge in [-0.25, -0.2) is 0 Å². The van der Waals surface area contributed by atoms with E-state index in [1.165, 1.54) is 0 Å². The van der Waals surface area contributed by atoms with Crippen LogP contribution in [0.25, 0.3) is 0 Å². The van der Waals surface area contributed by atoms with Crippen molar-refractivity contribution in [1.29, 1.82) is 0 Å². The van der Waals surface area contributed by atoms with Crippen LogP contribution in [0.2, 0.25) is 0 Å². The van der Waals surface area contributed by atoms with Crippen LogP contribution >= 0.6 is 15.9 Å². The number of carbonyl (C=O) groups excluding carboxylic acids is 1. The van der Waals surface area contributed by atoms with Crippen LogP contribution in [0.3, 0.4) is 0 Å². The zero-order chi connectivity index (χ0) is 16.4. The summed E-state index contributed by atoms with van der Waals surface area (Å²) >= 11 is 3.36. The standard InChI is InChI=1S/C16H16BrN2O3.BrH.H2O/c1-10-7-11(2)16(19(21)22)12(3)15(10)14(20)9-18-6-4-5-13(17)8-18;;/h4-8H,9H2,1-3H3;1H;1H2/q+1;;/p-1. The van der Waals surface area contributed by atoms with Gasteiger partial charge in [0, 0.05) is 22.8 Å². The molecule has 0 bridgehead atoms. The second kappa shape index (κ2) is 9.00. The number of hydrogen-bond donors (Lipinski definition) is 0. The molecular weight excluding hydrogens is 444 g/mol. The van der Waals surface area contributed by atoms with Gasteiger partial charge in [0.25, 0.3) is 5.69 Å². The molecule has 0 saturated heterocycles. The van der Waals surface area contributed by atoms with Crippen LogP contribution in [-0.4, -0.2) is 16.2 Å². The van der Waals surface area contributed by atoms with E-state index in [-0.39, 0.29) is 40.5 Å². The van der Waals surface area contributed by atoms with E-state index in [2.05, 4.69) is 15.9 Å². The lowest BCUT2D eigenvalue weighted by Crippen LogP contribution is -3.00. The van der Waals surface area contributed by atoms with Crippen LogP contribution in [0.5, 0.6) is 0 Å². The first kappa shape index (κ1) is 22.4. The normalized spacial score (nSPS) is 9.67. The second-order valence-electron chi connectivity index (χ2n) is 5.23. The van der Waals surface area contributed by atoms with Crippen LogP contribution in [0.4, 0.5) is 5.69 Å². The summed E-state index contributed by atoms with van der Waals surface area (Å²) in [4.78, 5) is 23.4. The van der Waals surface area contributed by atoms with Crippen LogP contribution in [-0.2, 0) is 6.54 Å². The maximum Gasteiger partial charge on any atom is 0.275 e. The van der Waals surface area contributed by atoms with Gasteiger partial charge in [-0.15, -0.1) is 0 Å². The number of aryl methyl sites for hydroxylation is 2. The van der Waals surface area contributed by atoms with Crippen molar-refractivity contribution >= 4 is 27.4 Å². The van der Waals surface area contributed by atoms with Crippen LogP contribution in [0.1, 0.15) is 27.0 Å². The fraction of sp³-hybridized carbons (Fsp3) is 0.250. The average molecular weight is 462 g/mol. The fourth-order valence-electron chi connectivity index (χ4n) is 2.72. The molecule has 0 amide bonds. The quantitative estimate of drug-likeness (QED) is 0.269. The summed E-state index contributed by atoms with van der Waals surface area (Å²) in [5.41, 5.74) is 2.23. The topological polar surface area (TPSA) is 95.6 Å².